The van der Waals surface area contributed by atoms with Gasteiger partial charge in [0.1, 0.15) is 18.5 Å². The van der Waals surface area contributed by atoms with Crippen LogP contribution in [0.1, 0.15) is 27.7 Å². The van der Waals surface area contributed by atoms with Crippen molar-refractivity contribution in [2.45, 2.75) is 38.5 Å². The predicted octanol–water partition coefficient (Wildman–Crippen LogP) is -0.0872. The van der Waals surface area contributed by atoms with E-state index in [0.717, 1.165) is 13.1 Å². The fourth-order valence-corrected chi connectivity index (χ4v) is 4.09. The van der Waals surface area contributed by atoms with Crippen LogP contribution in [0.3, 0.4) is 0 Å². The Hall–Kier alpha value is -2.56. The van der Waals surface area contributed by atoms with Crippen LogP contribution >= 0.6 is 0 Å². The summed E-state index contributed by atoms with van der Waals surface area (Å²) in [6.45, 7) is 5.00. The molecule has 0 aliphatic carbocycles. The van der Waals surface area contributed by atoms with E-state index in [1.165, 1.54) is 20.8 Å². The molecule has 1 heterocycles. The minimum absolute atomic E-state index is 0.187. The molecule has 0 unspecified atom stereocenters. The molecular formula is C16H21NO9S. The summed E-state index contributed by atoms with van der Waals surface area (Å²) in [6, 6.07) is 0. The quantitative estimate of drug-likeness (QED) is 0.490. The SMILES string of the molecule is CC(=O)OC/C1=C(\C(=O)O)N=C[C@@H](C=O)[C@H](C(=O)OC(C)(C)C)S(=O)(=O)C1. The van der Waals surface area contributed by atoms with Crippen molar-refractivity contribution in [3.8, 4) is 0 Å². The number of esters is 2. The second kappa shape index (κ2) is 8.42. The molecule has 1 rings (SSSR count). The van der Waals surface area contributed by atoms with Gasteiger partial charge in [-0.05, 0) is 20.8 Å². The normalized spacial score (nSPS) is 25.0. The lowest BCUT2D eigenvalue weighted by atomic mass is 10.1. The highest BCUT2D eigenvalue weighted by Crippen LogP contribution is 2.24. The molecule has 0 aromatic carbocycles. The summed E-state index contributed by atoms with van der Waals surface area (Å²) in [4.78, 5) is 49.8. The maximum atomic E-state index is 12.8. The van der Waals surface area contributed by atoms with E-state index >= 15 is 0 Å². The number of rotatable bonds is 5. The number of hydrogen-bond donors (Lipinski definition) is 1. The number of aldehydes is 1. The molecule has 0 saturated carbocycles. The molecule has 10 nitrogen and oxygen atoms in total. The fourth-order valence-electron chi connectivity index (χ4n) is 2.25. The molecule has 27 heavy (non-hydrogen) atoms. The molecule has 0 amide bonds. The van der Waals surface area contributed by atoms with Gasteiger partial charge in [0.2, 0.25) is 0 Å². The Bertz CT molecular complexity index is 802. The lowest BCUT2D eigenvalue weighted by Crippen LogP contribution is -2.45. The minimum atomic E-state index is -4.39. The van der Waals surface area contributed by atoms with Gasteiger partial charge in [-0.1, -0.05) is 0 Å². The molecule has 0 aromatic heterocycles. The molecule has 1 aliphatic heterocycles. The van der Waals surface area contributed by atoms with Crippen LogP contribution in [0.4, 0.5) is 0 Å². The summed E-state index contributed by atoms with van der Waals surface area (Å²) < 4.78 is 35.4. The molecule has 0 radical (unpaired) electrons. The summed E-state index contributed by atoms with van der Waals surface area (Å²) in [6.07, 6.45) is 0.960. The summed E-state index contributed by atoms with van der Waals surface area (Å²) in [5, 5.41) is 7.36. The number of carboxylic acids is 1. The van der Waals surface area contributed by atoms with Gasteiger partial charge in [-0.25, -0.2) is 13.2 Å². The zero-order valence-corrected chi connectivity index (χ0v) is 16.1. The maximum absolute atomic E-state index is 12.8. The number of sulfone groups is 1. The number of carboxylic acid groups (broad SMARTS) is 1. The summed E-state index contributed by atoms with van der Waals surface area (Å²) in [5.41, 5.74) is -2.01. The Morgan fingerprint density at radius 3 is 2.37 bits per heavy atom. The molecule has 2 atom stereocenters. The van der Waals surface area contributed by atoms with Crippen LogP contribution in [0, 0.1) is 5.92 Å². The molecule has 0 saturated heterocycles. The van der Waals surface area contributed by atoms with Gasteiger partial charge in [0.25, 0.3) is 0 Å². The zero-order chi connectivity index (χ0) is 21.0. The lowest BCUT2D eigenvalue weighted by molar-refractivity contribution is -0.155. The highest BCUT2D eigenvalue weighted by atomic mass is 32.2. The zero-order valence-electron chi connectivity index (χ0n) is 15.3. The largest absolute Gasteiger partial charge is 0.477 e. The van der Waals surface area contributed by atoms with E-state index in [-0.39, 0.29) is 11.9 Å². The molecule has 1 N–H and O–H groups in total. The molecule has 0 aromatic rings. The van der Waals surface area contributed by atoms with E-state index in [0.29, 0.717) is 0 Å². The van der Waals surface area contributed by atoms with Crippen LogP contribution in [0.15, 0.2) is 16.3 Å². The average Bonchev–Trinajstić information content (AvgIpc) is 2.46. The van der Waals surface area contributed by atoms with Crippen molar-refractivity contribution in [2.75, 3.05) is 12.4 Å². The standard InChI is InChI=1S/C16H21NO9S/c1-9(19)25-7-11-8-27(23,24)13(15(22)26-16(2,3)4)10(6-18)5-17-12(11)14(20)21/h5-6,10,13H,7-8H2,1-4H3,(H,20,21)/b12-11-,17-5?/t10-,13+/m0/s1. The first-order valence-corrected chi connectivity index (χ1v) is 9.52. The van der Waals surface area contributed by atoms with E-state index in [1.54, 1.807) is 0 Å². The van der Waals surface area contributed by atoms with Crippen molar-refractivity contribution in [1.29, 1.82) is 0 Å². The number of aliphatic imine (C=N–C) groups is 1. The lowest BCUT2D eigenvalue weighted by Gasteiger charge is -2.26. The van der Waals surface area contributed by atoms with Crippen molar-refractivity contribution in [2.24, 2.45) is 10.9 Å². The van der Waals surface area contributed by atoms with E-state index in [2.05, 4.69) is 4.99 Å². The third-order valence-electron chi connectivity index (χ3n) is 3.27. The van der Waals surface area contributed by atoms with Crippen molar-refractivity contribution < 1.29 is 42.2 Å². The van der Waals surface area contributed by atoms with Gasteiger partial charge in [0, 0.05) is 18.7 Å². The van der Waals surface area contributed by atoms with Crippen LogP contribution in [-0.4, -0.2) is 67.1 Å². The van der Waals surface area contributed by atoms with Crippen molar-refractivity contribution in [3.05, 3.63) is 11.3 Å². The number of carbonyl (C=O) groups excluding carboxylic acids is 3. The van der Waals surface area contributed by atoms with Crippen LogP contribution in [0.2, 0.25) is 0 Å². The Balaban J connectivity index is 3.46. The van der Waals surface area contributed by atoms with Gasteiger partial charge in [-0.3, -0.25) is 14.6 Å². The fraction of sp³-hybridized carbons (Fsp3) is 0.562. The molecule has 0 bridgehead atoms. The average molecular weight is 403 g/mol. The van der Waals surface area contributed by atoms with Crippen molar-refractivity contribution in [1.82, 2.24) is 0 Å². The summed E-state index contributed by atoms with van der Waals surface area (Å²) >= 11 is 0. The molecular weight excluding hydrogens is 382 g/mol. The Morgan fingerprint density at radius 2 is 1.93 bits per heavy atom. The van der Waals surface area contributed by atoms with Crippen LogP contribution < -0.4 is 0 Å². The van der Waals surface area contributed by atoms with E-state index in [1.807, 2.05) is 0 Å². The topological polar surface area (TPSA) is 153 Å². The minimum Gasteiger partial charge on any atom is -0.477 e. The first kappa shape index (κ1) is 22.5. The van der Waals surface area contributed by atoms with Crippen LogP contribution in [-0.2, 0) is 38.5 Å². The predicted molar refractivity (Wildman–Crippen MR) is 92.8 cm³/mol. The molecule has 150 valence electrons. The second-order valence-corrected chi connectivity index (χ2v) is 8.91. The Labute approximate surface area is 156 Å². The monoisotopic (exact) mass is 403 g/mol. The number of hydrogen-bond acceptors (Lipinski definition) is 9. The maximum Gasteiger partial charge on any atom is 0.354 e. The first-order valence-electron chi connectivity index (χ1n) is 7.81. The number of ether oxygens (including phenoxy) is 2. The van der Waals surface area contributed by atoms with Gasteiger partial charge >= 0.3 is 17.9 Å². The van der Waals surface area contributed by atoms with Crippen LogP contribution in [0.5, 0.6) is 0 Å². The third kappa shape index (κ3) is 6.27. The second-order valence-electron chi connectivity index (χ2n) is 6.79. The molecule has 11 heteroatoms. The van der Waals surface area contributed by atoms with Gasteiger partial charge in [-0.15, -0.1) is 0 Å². The molecule has 0 fully saturated rings. The van der Waals surface area contributed by atoms with Gasteiger partial charge in [0.05, 0.1) is 11.7 Å². The van der Waals surface area contributed by atoms with E-state index in [4.69, 9.17) is 9.47 Å². The van der Waals surface area contributed by atoms with Crippen molar-refractivity contribution >= 4 is 40.2 Å². The Kier molecular flexibility index (Phi) is 7.01. The van der Waals surface area contributed by atoms with E-state index in [9.17, 15) is 32.7 Å². The first-order chi connectivity index (χ1) is 12.3. The van der Waals surface area contributed by atoms with Crippen LogP contribution in [0.25, 0.3) is 0 Å². The Morgan fingerprint density at radius 1 is 1.33 bits per heavy atom. The summed E-state index contributed by atoms with van der Waals surface area (Å²) in [7, 11) is -4.39. The smallest absolute Gasteiger partial charge is 0.354 e. The highest BCUT2D eigenvalue weighted by Gasteiger charge is 2.43. The molecule has 1 aliphatic rings. The van der Waals surface area contributed by atoms with E-state index < -0.39 is 62.6 Å². The third-order valence-corrected chi connectivity index (χ3v) is 5.30. The van der Waals surface area contributed by atoms with Gasteiger partial charge in [-0.2, -0.15) is 0 Å². The summed E-state index contributed by atoms with van der Waals surface area (Å²) in [5.74, 6) is -5.95. The van der Waals surface area contributed by atoms with Gasteiger partial charge in [0.15, 0.2) is 20.8 Å². The highest BCUT2D eigenvalue weighted by molar-refractivity contribution is 7.93. The number of nitrogens with zero attached hydrogens (tertiary/aromatic N) is 1. The number of carbonyl (C=O) groups is 4. The molecule has 0 spiro atoms. The van der Waals surface area contributed by atoms with Crippen molar-refractivity contribution in [3.63, 3.8) is 0 Å². The van der Waals surface area contributed by atoms with Gasteiger partial charge < -0.3 is 19.4 Å². The number of aliphatic carboxylic acids is 1.